The van der Waals surface area contributed by atoms with Crippen LogP contribution in [0.1, 0.15) is 35.7 Å². The van der Waals surface area contributed by atoms with Crippen molar-refractivity contribution in [1.82, 2.24) is 0 Å². The van der Waals surface area contributed by atoms with Gasteiger partial charge in [0.1, 0.15) is 4.90 Å². The molecule has 132 valence electrons. The summed E-state index contributed by atoms with van der Waals surface area (Å²) in [5.41, 5.74) is 1.66. The van der Waals surface area contributed by atoms with Crippen molar-refractivity contribution >= 4 is 39.0 Å². The number of allylic oxidation sites excluding steroid dienone is 4. The van der Waals surface area contributed by atoms with Crippen LogP contribution in [0.25, 0.3) is 0 Å². The van der Waals surface area contributed by atoms with Crippen LogP contribution in [0.4, 0.5) is 0 Å². The van der Waals surface area contributed by atoms with Crippen LogP contribution in [0.3, 0.4) is 0 Å². The maximum atomic E-state index is 13.1. The second-order valence-electron chi connectivity index (χ2n) is 6.33. The fourth-order valence-corrected chi connectivity index (χ4v) is 6.47. The first-order chi connectivity index (χ1) is 12.4. The summed E-state index contributed by atoms with van der Waals surface area (Å²) in [6.45, 7) is 2.08. The highest BCUT2D eigenvalue weighted by Crippen LogP contribution is 2.44. The lowest BCUT2D eigenvalue weighted by Crippen LogP contribution is -2.20. The first-order valence-electron chi connectivity index (χ1n) is 8.15. The molecule has 26 heavy (non-hydrogen) atoms. The zero-order valence-electron chi connectivity index (χ0n) is 14.0. The number of sulfone groups is 1. The van der Waals surface area contributed by atoms with E-state index in [9.17, 15) is 13.2 Å². The SMILES string of the molecule is CC1=CC=C(Sc2ccc3c(c2Cl)S(=O)(=O)c2ccccc2C3=O)CC1. The molecule has 4 rings (SSSR count). The Balaban J connectivity index is 1.85. The zero-order valence-corrected chi connectivity index (χ0v) is 16.3. The molecule has 0 bridgehead atoms. The fraction of sp³-hybridized carbons (Fsp3) is 0.150. The molecule has 0 saturated heterocycles. The van der Waals surface area contributed by atoms with E-state index in [2.05, 4.69) is 13.0 Å². The molecule has 2 aromatic rings. The van der Waals surface area contributed by atoms with Gasteiger partial charge in [0.15, 0.2) is 5.78 Å². The third-order valence-corrected chi connectivity index (χ3v) is 8.23. The summed E-state index contributed by atoms with van der Waals surface area (Å²) in [7, 11) is -3.83. The van der Waals surface area contributed by atoms with Crippen molar-refractivity contribution in [3.63, 3.8) is 0 Å². The smallest absolute Gasteiger partial charge is 0.209 e. The van der Waals surface area contributed by atoms with Gasteiger partial charge in [0, 0.05) is 16.0 Å². The van der Waals surface area contributed by atoms with E-state index in [4.69, 9.17) is 11.6 Å². The monoisotopic (exact) mass is 402 g/mol. The molecule has 0 radical (unpaired) electrons. The van der Waals surface area contributed by atoms with E-state index in [0.717, 1.165) is 17.7 Å². The summed E-state index contributed by atoms with van der Waals surface area (Å²) in [6, 6.07) is 9.58. The normalized spacial score (nSPS) is 17.8. The van der Waals surface area contributed by atoms with Crippen LogP contribution >= 0.6 is 23.4 Å². The Labute approximate surface area is 161 Å². The second kappa shape index (κ2) is 6.41. The number of hydrogen-bond donors (Lipinski definition) is 0. The Hall–Kier alpha value is -1.82. The van der Waals surface area contributed by atoms with Gasteiger partial charge in [-0.1, -0.05) is 53.2 Å². The molecule has 1 heterocycles. The van der Waals surface area contributed by atoms with Gasteiger partial charge in [-0.3, -0.25) is 4.79 Å². The van der Waals surface area contributed by atoms with Crippen LogP contribution in [-0.4, -0.2) is 14.2 Å². The Bertz CT molecular complexity index is 1110. The van der Waals surface area contributed by atoms with E-state index in [1.54, 1.807) is 24.3 Å². The number of hydrogen-bond acceptors (Lipinski definition) is 4. The molecule has 1 aliphatic carbocycles. The van der Waals surface area contributed by atoms with Gasteiger partial charge in [0.25, 0.3) is 0 Å². The van der Waals surface area contributed by atoms with Crippen molar-refractivity contribution < 1.29 is 13.2 Å². The number of rotatable bonds is 2. The minimum Gasteiger partial charge on any atom is -0.289 e. The van der Waals surface area contributed by atoms with Gasteiger partial charge in [-0.15, -0.1) is 0 Å². The molecular formula is C20H15ClO3S2. The lowest BCUT2D eigenvalue weighted by Gasteiger charge is -2.21. The molecule has 0 spiro atoms. The second-order valence-corrected chi connectivity index (χ2v) is 9.73. The van der Waals surface area contributed by atoms with Crippen LogP contribution in [0.5, 0.6) is 0 Å². The highest BCUT2D eigenvalue weighted by atomic mass is 35.5. The third-order valence-electron chi connectivity index (χ3n) is 4.56. The van der Waals surface area contributed by atoms with Gasteiger partial charge < -0.3 is 0 Å². The van der Waals surface area contributed by atoms with E-state index in [-0.39, 0.29) is 31.7 Å². The van der Waals surface area contributed by atoms with Crippen molar-refractivity contribution in [2.75, 3.05) is 0 Å². The first kappa shape index (κ1) is 17.6. The molecule has 0 amide bonds. The molecule has 0 unspecified atom stereocenters. The van der Waals surface area contributed by atoms with Crippen molar-refractivity contribution in [2.45, 2.75) is 34.5 Å². The number of halogens is 1. The summed E-state index contributed by atoms with van der Waals surface area (Å²) in [4.78, 5) is 14.5. The van der Waals surface area contributed by atoms with Gasteiger partial charge in [-0.25, -0.2) is 8.42 Å². The fourth-order valence-electron chi connectivity index (χ4n) is 3.15. The van der Waals surface area contributed by atoms with E-state index in [1.807, 2.05) is 6.08 Å². The molecule has 0 saturated carbocycles. The molecule has 0 atom stereocenters. The van der Waals surface area contributed by atoms with Crippen LogP contribution in [0.2, 0.25) is 5.02 Å². The lowest BCUT2D eigenvalue weighted by atomic mass is 10.0. The molecule has 6 heteroatoms. The predicted molar refractivity (Wildman–Crippen MR) is 104 cm³/mol. The number of carbonyl (C=O) groups is 1. The van der Waals surface area contributed by atoms with Gasteiger partial charge in [0.05, 0.1) is 9.92 Å². The summed E-state index contributed by atoms with van der Waals surface area (Å²) in [5, 5.41) is 0.127. The van der Waals surface area contributed by atoms with Crippen LogP contribution < -0.4 is 0 Å². The molecule has 0 fully saturated rings. The maximum absolute atomic E-state index is 13.1. The minimum absolute atomic E-state index is 0.0250. The van der Waals surface area contributed by atoms with Crippen molar-refractivity contribution in [1.29, 1.82) is 0 Å². The van der Waals surface area contributed by atoms with Crippen LogP contribution in [-0.2, 0) is 9.84 Å². The maximum Gasteiger partial charge on any atom is 0.209 e. The summed E-state index contributed by atoms with van der Waals surface area (Å²) in [6.07, 6.45) is 5.98. The minimum atomic E-state index is -3.83. The average Bonchev–Trinajstić information content (AvgIpc) is 2.63. The number of thioether (sulfide) groups is 1. The van der Waals surface area contributed by atoms with Gasteiger partial charge >= 0.3 is 0 Å². The quantitative estimate of drug-likeness (QED) is 0.573. The predicted octanol–water partition coefficient (Wildman–Crippen LogP) is 5.43. The van der Waals surface area contributed by atoms with E-state index in [0.29, 0.717) is 4.90 Å². The summed E-state index contributed by atoms with van der Waals surface area (Å²) in [5.74, 6) is -0.306. The molecular weight excluding hydrogens is 388 g/mol. The van der Waals surface area contributed by atoms with E-state index in [1.165, 1.54) is 29.5 Å². The first-order valence-corrected chi connectivity index (χ1v) is 10.8. The lowest BCUT2D eigenvalue weighted by molar-refractivity contribution is 0.103. The standard InChI is InChI=1S/C20H15ClO3S2/c1-12-6-8-13(9-7-12)25-16-11-10-15-19(22)14-4-2-3-5-17(14)26(23,24)20(15)18(16)21/h2-6,8,10-11H,7,9H2,1H3. The number of carbonyl (C=O) groups excluding carboxylic acids is 1. The van der Waals surface area contributed by atoms with Crippen molar-refractivity contribution in [3.05, 3.63) is 75.2 Å². The average molecular weight is 403 g/mol. The Morgan fingerprint density at radius 2 is 1.77 bits per heavy atom. The Morgan fingerprint density at radius 3 is 2.50 bits per heavy atom. The highest BCUT2D eigenvalue weighted by Gasteiger charge is 2.37. The molecule has 0 N–H and O–H groups in total. The zero-order chi connectivity index (χ0) is 18.5. The summed E-state index contributed by atoms with van der Waals surface area (Å²) >= 11 is 7.95. The van der Waals surface area contributed by atoms with Crippen molar-refractivity contribution in [3.8, 4) is 0 Å². The van der Waals surface area contributed by atoms with Crippen LogP contribution in [0.15, 0.2) is 73.7 Å². The number of ketones is 1. The molecule has 3 nitrogen and oxygen atoms in total. The topological polar surface area (TPSA) is 51.2 Å². The molecule has 2 aromatic carbocycles. The van der Waals surface area contributed by atoms with Crippen molar-refractivity contribution in [2.24, 2.45) is 0 Å². The van der Waals surface area contributed by atoms with Gasteiger partial charge in [-0.2, -0.15) is 0 Å². The van der Waals surface area contributed by atoms with Gasteiger partial charge in [0.2, 0.25) is 9.84 Å². The Morgan fingerprint density at radius 1 is 1.00 bits per heavy atom. The molecule has 2 aliphatic rings. The Kier molecular flexibility index (Phi) is 4.34. The van der Waals surface area contributed by atoms with Gasteiger partial charge in [-0.05, 0) is 48.9 Å². The number of fused-ring (bicyclic) bond motifs is 2. The van der Waals surface area contributed by atoms with E-state index < -0.39 is 9.84 Å². The third kappa shape index (κ3) is 2.75. The summed E-state index contributed by atoms with van der Waals surface area (Å²) < 4.78 is 26.2. The molecule has 0 aromatic heterocycles. The van der Waals surface area contributed by atoms with Crippen LogP contribution in [0, 0.1) is 0 Å². The number of benzene rings is 2. The largest absolute Gasteiger partial charge is 0.289 e. The van der Waals surface area contributed by atoms with E-state index >= 15 is 0 Å². The molecule has 1 aliphatic heterocycles. The highest BCUT2D eigenvalue weighted by molar-refractivity contribution is 8.03.